The Kier molecular flexibility index (Phi) is 2.55. The number of carbonyl (C=O) groups excluding carboxylic acids is 1. The molecule has 0 radical (unpaired) electrons. The van der Waals surface area contributed by atoms with Gasteiger partial charge in [0.2, 0.25) is 0 Å². The van der Waals surface area contributed by atoms with E-state index in [4.69, 9.17) is 0 Å². The van der Waals surface area contributed by atoms with E-state index in [9.17, 15) is 4.79 Å². The van der Waals surface area contributed by atoms with E-state index in [0.717, 1.165) is 16.2 Å². The van der Waals surface area contributed by atoms with Crippen LogP contribution in [0.1, 0.15) is 10.4 Å². The van der Waals surface area contributed by atoms with Gasteiger partial charge in [-0.25, -0.2) is 0 Å². The molecule has 1 aliphatic heterocycles. The zero-order valence-corrected chi connectivity index (χ0v) is 10.6. The summed E-state index contributed by atoms with van der Waals surface area (Å²) in [5, 5.41) is 0. The van der Waals surface area contributed by atoms with Crippen LogP contribution in [0, 0.1) is 0 Å². The number of thioether (sulfide) groups is 1. The highest BCUT2D eigenvalue weighted by Crippen LogP contribution is 2.42. The topological polar surface area (TPSA) is 17.1 Å². The largest absolute Gasteiger partial charge is 0.292 e. The highest BCUT2D eigenvalue weighted by molar-refractivity contribution is 9.26. The van der Waals surface area contributed by atoms with Crippen LogP contribution in [-0.4, -0.2) is 14.8 Å². The Morgan fingerprint density at radius 2 is 2.00 bits per heavy atom. The fourth-order valence-electron chi connectivity index (χ4n) is 1.21. The minimum atomic E-state index is -0.570. The normalized spacial score (nSPS) is 19.7. The van der Waals surface area contributed by atoms with Crippen LogP contribution in [0.25, 0.3) is 0 Å². The van der Waals surface area contributed by atoms with Crippen molar-refractivity contribution in [3.05, 3.63) is 29.8 Å². The summed E-state index contributed by atoms with van der Waals surface area (Å²) in [5.74, 6) is 0.838. The number of halogens is 2. The molecule has 0 saturated carbocycles. The molecule has 13 heavy (non-hydrogen) atoms. The van der Waals surface area contributed by atoms with Gasteiger partial charge >= 0.3 is 0 Å². The second-order valence-corrected chi connectivity index (χ2v) is 7.61. The van der Waals surface area contributed by atoms with Gasteiger partial charge in [0, 0.05) is 16.2 Å². The molecule has 0 atom stereocenters. The van der Waals surface area contributed by atoms with Gasteiger partial charge in [0.05, 0.1) is 0 Å². The summed E-state index contributed by atoms with van der Waals surface area (Å²) in [6, 6.07) is 7.68. The Hall–Kier alpha value is 0.200. The zero-order valence-electron chi connectivity index (χ0n) is 6.59. The lowest BCUT2D eigenvalue weighted by molar-refractivity contribution is 0.0984. The SMILES string of the molecule is O=C1c2ccccc2SCC1(Br)Br. The molecule has 1 nitrogen and oxygen atoms in total. The number of fused-ring (bicyclic) bond motifs is 1. The third-order valence-corrected chi connectivity index (χ3v) is 5.14. The van der Waals surface area contributed by atoms with Crippen LogP contribution in [0.4, 0.5) is 0 Å². The van der Waals surface area contributed by atoms with E-state index in [-0.39, 0.29) is 5.78 Å². The first kappa shape index (κ1) is 9.74. The molecule has 0 aromatic heterocycles. The van der Waals surface area contributed by atoms with Gasteiger partial charge in [-0.3, -0.25) is 4.79 Å². The monoisotopic (exact) mass is 320 g/mol. The molecule has 0 fully saturated rings. The van der Waals surface area contributed by atoms with Crippen LogP contribution in [0.2, 0.25) is 0 Å². The summed E-state index contributed by atoms with van der Waals surface area (Å²) < 4.78 is -0.570. The van der Waals surface area contributed by atoms with Crippen molar-refractivity contribution in [2.24, 2.45) is 0 Å². The quantitative estimate of drug-likeness (QED) is 0.681. The van der Waals surface area contributed by atoms with E-state index >= 15 is 0 Å². The molecule has 1 aliphatic rings. The average molecular weight is 322 g/mol. The summed E-state index contributed by atoms with van der Waals surface area (Å²) in [4.78, 5) is 12.9. The minimum Gasteiger partial charge on any atom is -0.292 e. The Balaban J connectivity index is 2.52. The highest BCUT2D eigenvalue weighted by Gasteiger charge is 2.38. The number of rotatable bonds is 0. The molecule has 4 heteroatoms. The van der Waals surface area contributed by atoms with Gasteiger partial charge in [0.15, 0.2) is 9.02 Å². The van der Waals surface area contributed by atoms with E-state index < -0.39 is 3.23 Å². The van der Waals surface area contributed by atoms with Crippen molar-refractivity contribution in [1.82, 2.24) is 0 Å². The molecule has 0 unspecified atom stereocenters. The van der Waals surface area contributed by atoms with E-state index in [1.165, 1.54) is 0 Å². The Bertz CT molecular complexity index is 362. The van der Waals surface area contributed by atoms with Gasteiger partial charge in [-0.05, 0) is 6.07 Å². The molecule has 0 amide bonds. The fourth-order valence-corrected chi connectivity index (χ4v) is 3.28. The van der Waals surface area contributed by atoms with Crippen LogP contribution >= 0.6 is 43.6 Å². The van der Waals surface area contributed by atoms with Gasteiger partial charge < -0.3 is 0 Å². The van der Waals surface area contributed by atoms with Crippen molar-refractivity contribution >= 4 is 49.4 Å². The Morgan fingerprint density at radius 1 is 1.31 bits per heavy atom. The molecule has 0 bridgehead atoms. The maximum atomic E-state index is 11.8. The summed E-state index contributed by atoms with van der Waals surface area (Å²) in [6.45, 7) is 0. The lowest BCUT2D eigenvalue weighted by atomic mass is 10.1. The molecule has 2 rings (SSSR count). The van der Waals surface area contributed by atoms with Gasteiger partial charge in [0.1, 0.15) is 0 Å². The van der Waals surface area contributed by atoms with Crippen LogP contribution in [0.3, 0.4) is 0 Å². The number of alkyl halides is 2. The number of Topliss-reactive ketones (excluding diaryl/α,β-unsaturated/α-hetero) is 1. The second-order valence-electron chi connectivity index (χ2n) is 2.82. The van der Waals surface area contributed by atoms with Crippen LogP contribution in [0.5, 0.6) is 0 Å². The summed E-state index contributed by atoms with van der Waals surface area (Å²) in [6.07, 6.45) is 0. The van der Waals surface area contributed by atoms with E-state index in [1.807, 2.05) is 24.3 Å². The average Bonchev–Trinajstić information content (AvgIpc) is 2.13. The fraction of sp³-hybridized carbons (Fsp3) is 0.222. The molecule has 0 N–H and O–H groups in total. The van der Waals surface area contributed by atoms with Crippen molar-refractivity contribution in [3.8, 4) is 0 Å². The van der Waals surface area contributed by atoms with Gasteiger partial charge in [-0.2, -0.15) is 0 Å². The lowest BCUT2D eigenvalue weighted by Gasteiger charge is -2.25. The van der Waals surface area contributed by atoms with Gasteiger partial charge in [0.25, 0.3) is 0 Å². The zero-order chi connectivity index (χ0) is 9.47. The maximum Gasteiger partial charge on any atom is 0.192 e. The number of hydrogen-bond acceptors (Lipinski definition) is 2. The van der Waals surface area contributed by atoms with Crippen molar-refractivity contribution in [3.63, 3.8) is 0 Å². The van der Waals surface area contributed by atoms with E-state index in [2.05, 4.69) is 31.9 Å². The molecular weight excluding hydrogens is 316 g/mol. The van der Waals surface area contributed by atoms with Crippen molar-refractivity contribution in [1.29, 1.82) is 0 Å². The molecule has 1 aromatic carbocycles. The lowest BCUT2D eigenvalue weighted by Crippen LogP contribution is -2.31. The Morgan fingerprint density at radius 3 is 2.77 bits per heavy atom. The molecular formula is C9H6Br2OS. The first-order valence-corrected chi connectivity index (χ1v) is 6.33. The molecule has 0 spiro atoms. The molecule has 1 aromatic rings. The standard InChI is InChI=1S/C9H6Br2OS/c10-9(11)5-13-7-4-2-1-3-6(7)8(9)12/h1-4H,5H2. The van der Waals surface area contributed by atoms with Crippen LogP contribution in [0.15, 0.2) is 29.2 Å². The smallest absolute Gasteiger partial charge is 0.192 e. The van der Waals surface area contributed by atoms with Crippen molar-refractivity contribution in [2.45, 2.75) is 8.13 Å². The minimum absolute atomic E-state index is 0.113. The molecule has 1 heterocycles. The molecule has 68 valence electrons. The maximum absolute atomic E-state index is 11.8. The number of hydrogen-bond donors (Lipinski definition) is 0. The molecule has 0 saturated heterocycles. The van der Waals surface area contributed by atoms with Gasteiger partial charge in [-0.15, -0.1) is 11.8 Å². The number of ketones is 1. The van der Waals surface area contributed by atoms with Crippen molar-refractivity contribution < 1.29 is 4.79 Å². The third kappa shape index (κ3) is 1.72. The third-order valence-electron chi connectivity index (χ3n) is 1.87. The van der Waals surface area contributed by atoms with Crippen LogP contribution in [-0.2, 0) is 0 Å². The predicted octanol–water partition coefficient (Wildman–Crippen LogP) is 3.46. The summed E-state index contributed by atoms with van der Waals surface area (Å²) >= 11 is 8.43. The first-order chi connectivity index (χ1) is 6.11. The highest BCUT2D eigenvalue weighted by atomic mass is 79.9. The second kappa shape index (κ2) is 3.41. The number of benzene rings is 1. The first-order valence-electron chi connectivity index (χ1n) is 3.76. The Labute approximate surface area is 97.5 Å². The van der Waals surface area contributed by atoms with E-state index in [0.29, 0.717) is 0 Å². The van der Waals surface area contributed by atoms with Crippen molar-refractivity contribution in [2.75, 3.05) is 5.75 Å². The summed E-state index contributed by atoms with van der Waals surface area (Å²) in [5.41, 5.74) is 0.799. The molecule has 0 aliphatic carbocycles. The van der Waals surface area contributed by atoms with Crippen LogP contribution < -0.4 is 0 Å². The number of carbonyl (C=O) groups is 1. The summed E-state index contributed by atoms with van der Waals surface area (Å²) in [7, 11) is 0. The predicted molar refractivity (Wildman–Crippen MR) is 62.1 cm³/mol. The van der Waals surface area contributed by atoms with Gasteiger partial charge in [-0.1, -0.05) is 50.1 Å². The van der Waals surface area contributed by atoms with E-state index in [1.54, 1.807) is 11.8 Å².